The van der Waals surface area contributed by atoms with E-state index in [0.29, 0.717) is 6.61 Å². The van der Waals surface area contributed by atoms with Crippen LogP contribution >= 0.6 is 0 Å². The summed E-state index contributed by atoms with van der Waals surface area (Å²) in [4.78, 5) is 0. The molecule has 0 bridgehead atoms. The van der Waals surface area contributed by atoms with Gasteiger partial charge in [0, 0.05) is 5.39 Å². The number of hydrogen-bond donors (Lipinski definition) is 1. The van der Waals surface area contributed by atoms with Crippen molar-refractivity contribution in [3.63, 3.8) is 0 Å². The Balaban J connectivity index is 2.15. The van der Waals surface area contributed by atoms with Gasteiger partial charge in [-0.25, -0.2) is 0 Å². The SMILES string of the molecule is CCCNC(C)(C#N)COc1cccc2ccccc12. The van der Waals surface area contributed by atoms with Crippen molar-refractivity contribution >= 4 is 10.8 Å². The number of hydrogen-bond acceptors (Lipinski definition) is 3. The maximum atomic E-state index is 9.31. The van der Waals surface area contributed by atoms with Gasteiger partial charge in [0.05, 0.1) is 6.07 Å². The van der Waals surface area contributed by atoms with Crippen molar-refractivity contribution in [1.82, 2.24) is 5.32 Å². The van der Waals surface area contributed by atoms with Gasteiger partial charge in [-0.05, 0) is 31.3 Å². The fraction of sp³-hybridized carbons (Fsp3) is 0.353. The van der Waals surface area contributed by atoms with E-state index < -0.39 is 5.54 Å². The van der Waals surface area contributed by atoms with E-state index in [9.17, 15) is 5.26 Å². The van der Waals surface area contributed by atoms with Crippen LogP contribution in [0.15, 0.2) is 42.5 Å². The quantitative estimate of drug-likeness (QED) is 0.872. The van der Waals surface area contributed by atoms with Crippen LogP contribution in [0.3, 0.4) is 0 Å². The molecule has 0 aliphatic carbocycles. The molecule has 20 heavy (non-hydrogen) atoms. The second-order valence-corrected chi connectivity index (χ2v) is 5.14. The maximum absolute atomic E-state index is 9.31. The van der Waals surface area contributed by atoms with Crippen molar-refractivity contribution in [3.8, 4) is 11.8 Å². The van der Waals surface area contributed by atoms with Crippen LogP contribution in [-0.2, 0) is 0 Å². The highest BCUT2D eigenvalue weighted by molar-refractivity contribution is 5.88. The smallest absolute Gasteiger partial charge is 0.138 e. The molecule has 0 aliphatic heterocycles. The second-order valence-electron chi connectivity index (χ2n) is 5.14. The van der Waals surface area contributed by atoms with Gasteiger partial charge in [-0.15, -0.1) is 0 Å². The standard InChI is InChI=1S/C17H20N2O/c1-3-11-19-17(2,12-18)13-20-16-10-6-8-14-7-4-5-9-15(14)16/h4-10,19H,3,11,13H2,1-2H3. The highest BCUT2D eigenvalue weighted by atomic mass is 16.5. The van der Waals surface area contributed by atoms with Gasteiger partial charge in [0.25, 0.3) is 0 Å². The van der Waals surface area contributed by atoms with Gasteiger partial charge in [-0.3, -0.25) is 5.32 Å². The molecule has 0 amide bonds. The third-order valence-electron chi connectivity index (χ3n) is 3.28. The van der Waals surface area contributed by atoms with Crippen LogP contribution in [-0.4, -0.2) is 18.7 Å². The van der Waals surface area contributed by atoms with Crippen molar-refractivity contribution < 1.29 is 4.74 Å². The highest BCUT2D eigenvalue weighted by Gasteiger charge is 2.24. The van der Waals surface area contributed by atoms with Gasteiger partial charge in [-0.2, -0.15) is 5.26 Å². The summed E-state index contributed by atoms with van der Waals surface area (Å²) in [6.45, 7) is 5.09. The summed E-state index contributed by atoms with van der Waals surface area (Å²) in [5.41, 5.74) is -0.660. The Morgan fingerprint density at radius 1 is 1.20 bits per heavy atom. The average Bonchev–Trinajstić information content (AvgIpc) is 2.51. The lowest BCUT2D eigenvalue weighted by atomic mass is 10.1. The largest absolute Gasteiger partial charge is 0.490 e. The summed E-state index contributed by atoms with van der Waals surface area (Å²) < 4.78 is 5.89. The molecule has 2 aromatic rings. The minimum absolute atomic E-state index is 0.331. The fourth-order valence-electron chi connectivity index (χ4n) is 2.07. The molecule has 104 valence electrons. The molecule has 0 radical (unpaired) electrons. The molecule has 2 aromatic carbocycles. The second kappa shape index (κ2) is 6.40. The van der Waals surface area contributed by atoms with Gasteiger partial charge in [-0.1, -0.05) is 43.3 Å². The number of rotatable bonds is 6. The zero-order valence-electron chi connectivity index (χ0n) is 12.0. The normalized spacial score (nSPS) is 13.7. The Labute approximate surface area is 120 Å². The molecule has 1 atom stereocenters. The minimum atomic E-state index is -0.660. The van der Waals surface area contributed by atoms with E-state index in [1.807, 2.05) is 37.3 Å². The molecule has 2 rings (SSSR count). The summed E-state index contributed by atoms with van der Waals surface area (Å²) in [6, 6.07) is 16.4. The Hall–Kier alpha value is -2.05. The zero-order valence-corrected chi connectivity index (χ0v) is 12.0. The summed E-state index contributed by atoms with van der Waals surface area (Å²) in [5, 5.41) is 14.8. The molecule has 3 heteroatoms. The molecule has 1 unspecified atom stereocenters. The van der Waals surface area contributed by atoms with E-state index in [2.05, 4.69) is 30.4 Å². The predicted molar refractivity (Wildman–Crippen MR) is 81.8 cm³/mol. The third-order valence-corrected chi connectivity index (χ3v) is 3.28. The van der Waals surface area contributed by atoms with Gasteiger partial charge < -0.3 is 4.74 Å². The Morgan fingerprint density at radius 3 is 2.70 bits per heavy atom. The highest BCUT2D eigenvalue weighted by Crippen LogP contribution is 2.25. The van der Waals surface area contributed by atoms with E-state index in [1.54, 1.807) is 0 Å². The monoisotopic (exact) mass is 268 g/mol. The molecule has 3 nitrogen and oxygen atoms in total. The summed E-state index contributed by atoms with van der Waals surface area (Å²) in [7, 11) is 0. The van der Waals surface area contributed by atoms with Gasteiger partial charge >= 0.3 is 0 Å². The lowest BCUT2D eigenvalue weighted by Gasteiger charge is -2.23. The van der Waals surface area contributed by atoms with Crippen molar-refractivity contribution in [1.29, 1.82) is 5.26 Å². The molecule has 0 saturated heterocycles. The van der Waals surface area contributed by atoms with Gasteiger partial charge in [0.15, 0.2) is 0 Å². The first kappa shape index (κ1) is 14.4. The molecule has 0 aliphatic rings. The number of benzene rings is 2. The zero-order chi connectivity index (χ0) is 14.4. The van der Waals surface area contributed by atoms with Crippen LogP contribution in [0, 0.1) is 11.3 Å². The summed E-state index contributed by atoms with van der Waals surface area (Å²) >= 11 is 0. The maximum Gasteiger partial charge on any atom is 0.138 e. The molecular weight excluding hydrogens is 248 g/mol. The van der Waals surface area contributed by atoms with Crippen molar-refractivity contribution in [2.75, 3.05) is 13.2 Å². The molecular formula is C17H20N2O. The van der Waals surface area contributed by atoms with Crippen molar-refractivity contribution in [3.05, 3.63) is 42.5 Å². The Morgan fingerprint density at radius 2 is 1.95 bits per heavy atom. The number of nitriles is 1. The lowest BCUT2D eigenvalue weighted by molar-refractivity contribution is 0.237. The third kappa shape index (κ3) is 3.28. The number of nitrogens with one attached hydrogen (secondary N) is 1. The van der Waals surface area contributed by atoms with Crippen molar-refractivity contribution in [2.24, 2.45) is 0 Å². The summed E-state index contributed by atoms with van der Waals surface area (Å²) in [6.07, 6.45) is 0.992. The number of nitrogens with zero attached hydrogens (tertiary/aromatic N) is 1. The topological polar surface area (TPSA) is 45.0 Å². The Bertz CT molecular complexity index is 612. The first-order valence-corrected chi connectivity index (χ1v) is 6.95. The fourth-order valence-corrected chi connectivity index (χ4v) is 2.07. The van der Waals surface area contributed by atoms with Crippen LogP contribution in [0.4, 0.5) is 0 Å². The minimum Gasteiger partial charge on any atom is -0.490 e. The predicted octanol–water partition coefficient (Wildman–Crippen LogP) is 3.50. The number of fused-ring (bicyclic) bond motifs is 1. The van der Waals surface area contributed by atoms with E-state index >= 15 is 0 Å². The number of ether oxygens (including phenoxy) is 1. The lowest BCUT2D eigenvalue weighted by Crippen LogP contribution is -2.46. The molecule has 0 aromatic heterocycles. The first-order valence-electron chi connectivity index (χ1n) is 6.95. The molecule has 0 spiro atoms. The van der Waals surface area contributed by atoms with E-state index in [-0.39, 0.29) is 0 Å². The van der Waals surface area contributed by atoms with Crippen molar-refractivity contribution in [2.45, 2.75) is 25.8 Å². The van der Waals surface area contributed by atoms with E-state index in [4.69, 9.17) is 4.74 Å². The Kier molecular flexibility index (Phi) is 4.60. The van der Waals surface area contributed by atoms with Crippen LogP contribution < -0.4 is 10.1 Å². The van der Waals surface area contributed by atoms with E-state index in [1.165, 1.54) is 0 Å². The van der Waals surface area contributed by atoms with E-state index in [0.717, 1.165) is 29.5 Å². The molecule has 0 fully saturated rings. The van der Waals surface area contributed by atoms with Crippen LogP contribution in [0.2, 0.25) is 0 Å². The first-order chi connectivity index (χ1) is 9.68. The van der Waals surface area contributed by atoms with Gasteiger partial charge in [0.1, 0.15) is 17.9 Å². The van der Waals surface area contributed by atoms with Crippen LogP contribution in [0.1, 0.15) is 20.3 Å². The molecule has 0 heterocycles. The molecule has 1 N–H and O–H groups in total. The van der Waals surface area contributed by atoms with Gasteiger partial charge in [0.2, 0.25) is 0 Å². The summed E-state index contributed by atoms with van der Waals surface area (Å²) in [5.74, 6) is 0.822. The molecule has 0 saturated carbocycles. The van der Waals surface area contributed by atoms with Crippen LogP contribution in [0.25, 0.3) is 10.8 Å². The van der Waals surface area contributed by atoms with Crippen LogP contribution in [0.5, 0.6) is 5.75 Å². The average molecular weight is 268 g/mol.